The van der Waals surface area contributed by atoms with E-state index in [2.05, 4.69) is 20.3 Å². The molecule has 0 aliphatic rings. The van der Waals surface area contributed by atoms with Gasteiger partial charge in [0, 0.05) is 18.7 Å². The van der Waals surface area contributed by atoms with Crippen LogP contribution in [0.15, 0.2) is 18.3 Å². The average molecular weight is 305 g/mol. The molecule has 0 atom stereocenters. The molecular weight excluding hydrogens is 297 g/mol. The van der Waals surface area contributed by atoms with Gasteiger partial charge in [0.1, 0.15) is 5.82 Å². The van der Waals surface area contributed by atoms with Crippen LogP contribution in [0.5, 0.6) is 0 Å². The lowest BCUT2D eigenvalue weighted by atomic mass is 10.2. The number of anilines is 1. The van der Waals surface area contributed by atoms with Gasteiger partial charge in [0.05, 0.1) is 6.20 Å². The van der Waals surface area contributed by atoms with Crippen molar-refractivity contribution in [1.29, 1.82) is 0 Å². The summed E-state index contributed by atoms with van der Waals surface area (Å²) in [7, 11) is 0. The molecule has 0 unspecified atom stereocenters. The van der Waals surface area contributed by atoms with Crippen molar-refractivity contribution in [3.05, 3.63) is 46.1 Å². The minimum Gasteiger partial charge on any atom is -0.367 e. The molecule has 4 nitrogen and oxygen atoms in total. The molecule has 8 heteroatoms. The van der Waals surface area contributed by atoms with E-state index in [1.54, 1.807) is 6.07 Å². The van der Waals surface area contributed by atoms with Crippen molar-refractivity contribution >= 4 is 29.0 Å². The van der Waals surface area contributed by atoms with Crippen LogP contribution in [0.4, 0.5) is 14.6 Å². The monoisotopic (exact) mass is 304 g/mol. The second kappa shape index (κ2) is 6.08. The van der Waals surface area contributed by atoms with Crippen molar-refractivity contribution in [2.24, 2.45) is 0 Å². The molecule has 0 amide bonds. The maximum absolute atomic E-state index is 13.5. The van der Waals surface area contributed by atoms with Crippen LogP contribution in [0.3, 0.4) is 0 Å². The van der Waals surface area contributed by atoms with Crippen molar-refractivity contribution in [1.82, 2.24) is 15.0 Å². The number of aromatic nitrogens is 3. The highest BCUT2D eigenvalue weighted by atomic mass is 35.5. The predicted molar refractivity (Wildman–Crippen MR) is 68.4 cm³/mol. The molecule has 0 aromatic carbocycles. The molecular formula is C11H8Cl2F2N4. The first kappa shape index (κ1) is 13.9. The molecule has 0 spiro atoms. The van der Waals surface area contributed by atoms with Crippen LogP contribution in [0.25, 0.3) is 0 Å². The Hall–Kier alpha value is -1.53. The highest BCUT2D eigenvalue weighted by Crippen LogP contribution is 2.20. The molecule has 0 radical (unpaired) electrons. The number of hydrogen-bond donors (Lipinski definition) is 1. The van der Waals surface area contributed by atoms with E-state index in [0.717, 1.165) is 6.20 Å². The first-order valence-electron chi connectivity index (χ1n) is 5.29. The summed E-state index contributed by atoms with van der Waals surface area (Å²) < 4.78 is 26.2. The zero-order valence-electron chi connectivity index (χ0n) is 9.50. The summed E-state index contributed by atoms with van der Waals surface area (Å²) in [6.07, 6.45) is 1.59. The molecule has 0 fully saturated rings. The maximum Gasteiger partial charge on any atom is 0.225 e. The molecule has 0 aliphatic heterocycles. The van der Waals surface area contributed by atoms with Gasteiger partial charge in [-0.05, 0) is 23.7 Å². The third kappa shape index (κ3) is 3.71. The van der Waals surface area contributed by atoms with E-state index in [9.17, 15) is 8.78 Å². The molecule has 0 saturated carbocycles. The summed E-state index contributed by atoms with van der Waals surface area (Å²) in [5.41, 5.74) is 0.667. The van der Waals surface area contributed by atoms with Crippen LogP contribution in [-0.4, -0.2) is 21.5 Å². The fourth-order valence-corrected chi connectivity index (χ4v) is 1.76. The summed E-state index contributed by atoms with van der Waals surface area (Å²) in [4.78, 5) is 11.0. The zero-order chi connectivity index (χ0) is 13.8. The van der Waals surface area contributed by atoms with Gasteiger partial charge in [0.15, 0.2) is 11.0 Å². The lowest BCUT2D eigenvalue weighted by molar-refractivity contribution is 0.616. The van der Waals surface area contributed by atoms with Gasteiger partial charge in [0.2, 0.25) is 11.1 Å². The van der Waals surface area contributed by atoms with Crippen molar-refractivity contribution < 1.29 is 8.78 Å². The van der Waals surface area contributed by atoms with Gasteiger partial charge in [-0.2, -0.15) is 9.37 Å². The Bertz CT molecular complexity index is 578. The Balaban J connectivity index is 1.98. The smallest absolute Gasteiger partial charge is 0.225 e. The minimum atomic E-state index is -0.766. The predicted octanol–water partition coefficient (Wildman–Crippen LogP) is 3.11. The third-order valence-corrected chi connectivity index (χ3v) is 2.67. The van der Waals surface area contributed by atoms with Crippen LogP contribution >= 0.6 is 23.2 Å². The van der Waals surface area contributed by atoms with Crippen molar-refractivity contribution in [3.63, 3.8) is 0 Å². The summed E-state index contributed by atoms with van der Waals surface area (Å²) in [6.45, 7) is 0.346. The Morgan fingerprint density at radius 3 is 2.63 bits per heavy atom. The van der Waals surface area contributed by atoms with Crippen LogP contribution < -0.4 is 5.32 Å². The fraction of sp³-hybridized carbons (Fsp3) is 0.182. The summed E-state index contributed by atoms with van der Waals surface area (Å²) in [6, 6.07) is 2.86. The zero-order valence-corrected chi connectivity index (χ0v) is 11.0. The van der Waals surface area contributed by atoms with Gasteiger partial charge in [-0.1, -0.05) is 11.6 Å². The number of hydrogen-bond acceptors (Lipinski definition) is 4. The van der Waals surface area contributed by atoms with Crippen molar-refractivity contribution in [2.45, 2.75) is 6.42 Å². The molecule has 2 aromatic rings. The number of halogens is 4. The third-order valence-electron chi connectivity index (χ3n) is 2.25. The molecule has 0 bridgehead atoms. The Morgan fingerprint density at radius 2 is 1.95 bits per heavy atom. The normalized spacial score (nSPS) is 10.5. The van der Waals surface area contributed by atoms with Gasteiger partial charge in [-0.3, -0.25) is 4.98 Å². The number of nitrogens with one attached hydrogen (secondary N) is 1. The van der Waals surface area contributed by atoms with Gasteiger partial charge in [0.25, 0.3) is 0 Å². The van der Waals surface area contributed by atoms with Gasteiger partial charge in [-0.15, -0.1) is 0 Å². The van der Waals surface area contributed by atoms with Crippen LogP contribution in [0.2, 0.25) is 10.4 Å². The quantitative estimate of drug-likeness (QED) is 0.696. The number of pyridine rings is 1. The molecule has 100 valence electrons. The van der Waals surface area contributed by atoms with Crippen LogP contribution in [0.1, 0.15) is 5.69 Å². The lowest BCUT2D eigenvalue weighted by Crippen LogP contribution is -2.10. The standard InChI is InChI=1S/C11H8Cl2F2N4/c12-9-8(15)10(19-11(13)18-9)16-4-3-7-2-1-6(14)5-17-7/h1-2,5H,3-4H2,(H,16,18,19). The average Bonchev–Trinajstić information content (AvgIpc) is 2.37. The molecule has 2 rings (SSSR count). The largest absolute Gasteiger partial charge is 0.367 e. The summed E-state index contributed by atoms with van der Waals surface area (Å²) in [5, 5.41) is 2.24. The Labute approximate surface area is 117 Å². The molecule has 2 heterocycles. The van der Waals surface area contributed by atoms with Crippen LogP contribution in [-0.2, 0) is 6.42 Å². The Morgan fingerprint density at radius 1 is 1.16 bits per heavy atom. The second-order valence-corrected chi connectivity index (χ2v) is 4.29. The second-order valence-electron chi connectivity index (χ2n) is 3.59. The topological polar surface area (TPSA) is 50.7 Å². The molecule has 1 N–H and O–H groups in total. The minimum absolute atomic E-state index is 0.0767. The van der Waals surface area contributed by atoms with E-state index in [1.165, 1.54) is 6.07 Å². The molecule has 0 saturated heterocycles. The van der Waals surface area contributed by atoms with E-state index in [1.807, 2.05) is 0 Å². The first-order chi connectivity index (χ1) is 9.06. The van der Waals surface area contributed by atoms with E-state index in [0.29, 0.717) is 18.7 Å². The highest BCUT2D eigenvalue weighted by Gasteiger charge is 2.11. The maximum atomic E-state index is 13.5. The molecule has 0 aliphatic carbocycles. The van der Waals surface area contributed by atoms with Crippen molar-refractivity contribution in [2.75, 3.05) is 11.9 Å². The number of rotatable bonds is 4. The van der Waals surface area contributed by atoms with Crippen molar-refractivity contribution in [3.8, 4) is 0 Å². The fourth-order valence-electron chi connectivity index (χ4n) is 1.37. The summed E-state index contributed by atoms with van der Waals surface area (Å²) >= 11 is 11.1. The van der Waals surface area contributed by atoms with Gasteiger partial charge in [-0.25, -0.2) is 9.37 Å². The lowest BCUT2D eigenvalue weighted by Gasteiger charge is -2.07. The Kier molecular flexibility index (Phi) is 4.44. The number of nitrogens with zero attached hydrogens (tertiary/aromatic N) is 3. The summed E-state index contributed by atoms with van der Waals surface area (Å²) in [5.74, 6) is -1.25. The van der Waals surface area contributed by atoms with E-state index in [4.69, 9.17) is 23.2 Å². The van der Waals surface area contributed by atoms with Crippen LogP contribution in [0, 0.1) is 11.6 Å². The van der Waals surface area contributed by atoms with Gasteiger partial charge < -0.3 is 5.32 Å². The van der Waals surface area contributed by atoms with E-state index in [-0.39, 0.29) is 16.3 Å². The van der Waals surface area contributed by atoms with E-state index >= 15 is 0 Å². The molecule has 2 aromatic heterocycles. The highest BCUT2D eigenvalue weighted by molar-refractivity contribution is 6.32. The molecule has 19 heavy (non-hydrogen) atoms. The van der Waals surface area contributed by atoms with E-state index < -0.39 is 11.6 Å². The first-order valence-corrected chi connectivity index (χ1v) is 6.04. The SMILES string of the molecule is Fc1ccc(CCNc2nc(Cl)nc(Cl)c2F)nc1. The van der Waals surface area contributed by atoms with Gasteiger partial charge >= 0.3 is 0 Å².